The molecule has 0 radical (unpaired) electrons. The monoisotopic (exact) mass is 404 g/mol. The Bertz CT molecular complexity index is 803. The third-order valence-corrected chi connectivity index (χ3v) is 8.71. The summed E-state index contributed by atoms with van der Waals surface area (Å²) >= 11 is 3.96. The number of anilines is 1. The molecule has 2 aromatic heterocycles. The number of carbonyl (C=O) groups is 1. The van der Waals surface area contributed by atoms with Gasteiger partial charge in [-0.1, -0.05) is 29.2 Å². The standard InChI is InChI=1S/C13H16N4O3S4/c1-21-13-16-15-12(23-13)14-11(18)9-4-2-6-17(8-9)24(19,20)10-5-3-7-22-10/h3,5,7,9H,2,4,6,8H2,1H3,(H,14,15,18). The van der Waals surface area contributed by atoms with Crippen molar-refractivity contribution in [2.75, 3.05) is 24.7 Å². The van der Waals surface area contributed by atoms with Crippen molar-refractivity contribution < 1.29 is 13.2 Å². The van der Waals surface area contributed by atoms with E-state index in [2.05, 4.69) is 15.5 Å². The van der Waals surface area contributed by atoms with Crippen molar-refractivity contribution in [3.8, 4) is 0 Å². The third-order valence-electron chi connectivity index (χ3n) is 3.66. The molecule has 0 spiro atoms. The van der Waals surface area contributed by atoms with Crippen LogP contribution in [0, 0.1) is 5.92 Å². The molecule has 2 aromatic rings. The minimum atomic E-state index is -3.51. The summed E-state index contributed by atoms with van der Waals surface area (Å²) in [5.41, 5.74) is 0. The summed E-state index contributed by atoms with van der Waals surface area (Å²) in [5, 5.41) is 12.8. The van der Waals surface area contributed by atoms with Crippen LogP contribution in [0.1, 0.15) is 12.8 Å². The Balaban J connectivity index is 1.68. The molecule has 1 fully saturated rings. The first-order valence-electron chi connectivity index (χ1n) is 7.22. The van der Waals surface area contributed by atoms with E-state index in [1.165, 1.54) is 38.7 Å². The molecule has 0 bridgehead atoms. The molecule has 1 N–H and O–H groups in total. The Hall–Kier alpha value is -1.01. The molecule has 0 aromatic carbocycles. The quantitative estimate of drug-likeness (QED) is 0.607. The maximum absolute atomic E-state index is 12.6. The number of nitrogens with one attached hydrogen (secondary N) is 1. The molecule has 1 aliphatic rings. The van der Waals surface area contributed by atoms with Crippen molar-refractivity contribution >= 4 is 55.5 Å². The molecular formula is C13H16N4O3S4. The van der Waals surface area contributed by atoms with Crippen molar-refractivity contribution in [1.29, 1.82) is 0 Å². The Labute approximate surface area is 152 Å². The molecule has 1 amide bonds. The predicted molar refractivity (Wildman–Crippen MR) is 96.1 cm³/mol. The van der Waals surface area contributed by atoms with Gasteiger partial charge in [0, 0.05) is 13.1 Å². The first-order chi connectivity index (χ1) is 11.5. The van der Waals surface area contributed by atoms with Crippen LogP contribution in [-0.4, -0.2) is 48.2 Å². The highest BCUT2D eigenvalue weighted by molar-refractivity contribution is 8.00. The number of carbonyl (C=O) groups excluding carboxylic acids is 1. The molecule has 1 aliphatic heterocycles. The van der Waals surface area contributed by atoms with Gasteiger partial charge in [0.05, 0.1) is 5.92 Å². The number of piperidine rings is 1. The molecule has 11 heteroatoms. The zero-order valence-electron chi connectivity index (χ0n) is 12.8. The highest BCUT2D eigenvalue weighted by Gasteiger charge is 2.34. The second-order valence-electron chi connectivity index (χ2n) is 5.20. The summed E-state index contributed by atoms with van der Waals surface area (Å²) in [6.45, 7) is 0.639. The number of thiophene rings is 1. The van der Waals surface area contributed by atoms with Crippen LogP contribution in [-0.2, 0) is 14.8 Å². The van der Waals surface area contributed by atoms with E-state index in [0.29, 0.717) is 28.7 Å². The van der Waals surface area contributed by atoms with Crippen molar-refractivity contribution in [3.05, 3.63) is 17.5 Å². The Kier molecular flexibility index (Phi) is 5.55. The summed E-state index contributed by atoms with van der Waals surface area (Å²) in [5.74, 6) is -0.583. The molecule has 7 nitrogen and oxygen atoms in total. The number of amides is 1. The number of aromatic nitrogens is 2. The number of hydrogen-bond donors (Lipinski definition) is 1. The van der Waals surface area contributed by atoms with Crippen molar-refractivity contribution in [1.82, 2.24) is 14.5 Å². The topological polar surface area (TPSA) is 92.3 Å². The molecular weight excluding hydrogens is 388 g/mol. The summed E-state index contributed by atoms with van der Waals surface area (Å²) in [6, 6.07) is 3.30. The zero-order chi connectivity index (χ0) is 17.2. The number of sulfonamides is 1. The number of hydrogen-bond acceptors (Lipinski definition) is 8. The Morgan fingerprint density at radius 1 is 1.46 bits per heavy atom. The fraction of sp³-hybridized carbons (Fsp3) is 0.462. The second kappa shape index (κ2) is 7.48. The fourth-order valence-corrected chi connectivity index (χ4v) is 6.30. The van der Waals surface area contributed by atoms with Crippen LogP contribution < -0.4 is 5.32 Å². The summed E-state index contributed by atoms with van der Waals surface area (Å²) in [4.78, 5) is 12.4. The molecule has 1 atom stereocenters. The van der Waals surface area contributed by atoms with Crippen LogP contribution in [0.15, 0.2) is 26.1 Å². The van der Waals surface area contributed by atoms with Crippen LogP contribution in [0.2, 0.25) is 0 Å². The Morgan fingerprint density at radius 2 is 2.29 bits per heavy atom. The van der Waals surface area contributed by atoms with E-state index in [1.807, 2.05) is 6.26 Å². The van der Waals surface area contributed by atoms with Crippen LogP contribution in [0.4, 0.5) is 5.13 Å². The van der Waals surface area contributed by atoms with E-state index in [9.17, 15) is 13.2 Å². The van der Waals surface area contributed by atoms with Gasteiger partial charge in [-0.3, -0.25) is 4.79 Å². The first-order valence-corrected chi connectivity index (χ1v) is 11.6. The van der Waals surface area contributed by atoms with Gasteiger partial charge in [-0.2, -0.15) is 4.31 Å². The van der Waals surface area contributed by atoms with Gasteiger partial charge in [0.1, 0.15) is 4.21 Å². The number of thioether (sulfide) groups is 1. The average molecular weight is 405 g/mol. The maximum atomic E-state index is 12.6. The number of nitrogens with zero attached hydrogens (tertiary/aromatic N) is 3. The van der Waals surface area contributed by atoms with Gasteiger partial charge in [0.15, 0.2) is 4.34 Å². The van der Waals surface area contributed by atoms with Crippen LogP contribution in [0.25, 0.3) is 0 Å². The lowest BCUT2D eigenvalue weighted by molar-refractivity contribution is -0.120. The van der Waals surface area contributed by atoms with E-state index < -0.39 is 10.0 Å². The molecule has 3 rings (SSSR count). The largest absolute Gasteiger partial charge is 0.300 e. The fourth-order valence-electron chi connectivity index (χ4n) is 2.46. The molecule has 0 saturated carbocycles. The molecule has 3 heterocycles. The number of rotatable bonds is 5. The summed E-state index contributed by atoms with van der Waals surface area (Å²) in [6.07, 6.45) is 3.21. The van der Waals surface area contributed by atoms with E-state index in [-0.39, 0.29) is 18.4 Å². The highest BCUT2D eigenvalue weighted by Crippen LogP contribution is 2.28. The lowest BCUT2D eigenvalue weighted by atomic mass is 9.99. The maximum Gasteiger partial charge on any atom is 0.252 e. The minimum Gasteiger partial charge on any atom is -0.300 e. The predicted octanol–water partition coefficient (Wildman–Crippen LogP) is 2.36. The zero-order valence-corrected chi connectivity index (χ0v) is 16.1. The van der Waals surface area contributed by atoms with Crippen LogP contribution in [0.5, 0.6) is 0 Å². The minimum absolute atomic E-state index is 0.195. The van der Waals surface area contributed by atoms with E-state index in [4.69, 9.17) is 0 Å². The van der Waals surface area contributed by atoms with Crippen molar-refractivity contribution in [3.63, 3.8) is 0 Å². The van der Waals surface area contributed by atoms with Crippen LogP contribution >= 0.6 is 34.4 Å². The van der Waals surface area contributed by atoms with Gasteiger partial charge < -0.3 is 5.32 Å². The molecule has 1 saturated heterocycles. The Morgan fingerprint density at radius 3 is 2.96 bits per heavy atom. The van der Waals surface area contributed by atoms with Gasteiger partial charge in [0.25, 0.3) is 10.0 Å². The smallest absolute Gasteiger partial charge is 0.252 e. The molecule has 1 unspecified atom stereocenters. The van der Waals surface area contributed by atoms with Gasteiger partial charge in [-0.05, 0) is 30.5 Å². The molecule has 24 heavy (non-hydrogen) atoms. The third kappa shape index (κ3) is 3.80. The highest BCUT2D eigenvalue weighted by atomic mass is 32.2. The van der Waals surface area contributed by atoms with E-state index in [1.54, 1.807) is 17.5 Å². The van der Waals surface area contributed by atoms with E-state index in [0.717, 1.165) is 4.34 Å². The van der Waals surface area contributed by atoms with Crippen LogP contribution in [0.3, 0.4) is 0 Å². The second-order valence-corrected chi connectivity index (χ2v) is 10.3. The molecule has 130 valence electrons. The SMILES string of the molecule is CSc1nnc(NC(=O)C2CCCN(S(=O)(=O)c3cccs3)C2)s1. The summed E-state index contributed by atoms with van der Waals surface area (Å²) < 4.78 is 27.7. The summed E-state index contributed by atoms with van der Waals surface area (Å²) in [7, 11) is -3.51. The molecule has 0 aliphatic carbocycles. The average Bonchev–Trinajstić information content (AvgIpc) is 3.27. The van der Waals surface area contributed by atoms with E-state index >= 15 is 0 Å². The van der Waals surface area contributed by atoms with Crippen molar-refractivity contribution in [2.24, 2.45) is 5.92 Å². The van der Waals surface area contributed by atoms with Crippen molar-refractivity contribution in [2.45, 2.75) is 21.4 Å². The van der Waals surface area contributed by atoms with Gasteiger partial charge in [-0.25, -0.2) is 8.42 Å². The lowest BCUT2D eigenvalue weighted by Gasteiger charge is -2.30. The first kappa shape index (κ1) is 17.8. The normalized spacial score (nSPS) is 19.3. The van der Waals surface area contributed by atoms with Gasteiger partial charge in [0.2, 0.25) is 11.0 Å². The van der Waals surface area contributed by atoms with Gasteiger partial charge in [-0.15, -0.1) is 21.5 Å². The van der Waals surface area contributed by atoms with Gasteiger partial charge >= 0.3 is 0 Å². The lowest BCUT2D eigenvalue weighted by Crippen LogP contribution is -2.43.